The number of nitrogens with one attached hydrogen (secondary N) is 1. The minimum atomic E-state index is -0.746. The Kier molecular flexibility index (Phi) is 4.43. The molecule has 8 heteroatoms. The van der Waals surface area contributed by atoms with Crippen molar-refractivity contribution in [3.05, 3.63) is 59.3 Å². The second kappa shape index (κ2) is 7.14. The van der Waals surface area contributed by atoms with Gasteiger partial charge in [0.1, 0.15) is 12.4 Å². The Morgan fingerprint density at radius 3 is 2.80 bits per heavy atom. The predicted molar refractivity (Wildman–Crippen MR) is 116 cm³/mol. The molecule has 3 heterocycles. The Morgan fingerprint density at radius 2 is 1.97 bits per heavy atom. The summed E-state index contributed by atoms with van der Waals surface area (Å²) in [7, 11) is 0. The molecule has 7 nitrogen and oxygen atoms in total. The van der Waals surface area contributed by atoms with Crippen LogP contribution in [0.3, 0.4) is 0 Å². The summed E-state index contributed by atoms with van der Waals surface area (Å²) >= 11 is 1.54. The fourth-order valence-corrected chi connectivity index (χ4v) is 4.65. The highest BCUT2D eigenvalue weighted by Crippen LogP contribution is 2.32. The van der Waals surface area contributed by atoms with Gasteiger partial charge in [0.25, 0.3) is 5.91 Å². The first-order valence-corrected chi connectivity index (χ1v) is 10.4. The molecule has 152 valence electrons. The van der Waals surface area contributed by atoms with Crippen molar-refractivity contribution >= 4 is 33.3 Å². The van der Waals surface area contributed by atoms with Crippen molar-refractivity contribution in [3.63, 3.8) is 0 Å². The third-order valence-corrected chi connectivity index (χ3v) is 5.86. The largest absolute Gasteiger partial charge is 0.485 e. The van der Waals surface area contributed by atoms with Gasteiger partial charge in [-0.2, -0.15) is 9.78 Å². The summed E-state index contributed by atoms with van der Waals surface area (Å²) in [5, 5.41) is 8.17. The highest BCUT2D eigenvalue weighted by atomic mass is 32.1. The van der Waals surface area contributed by atoms with Gasteiger partial charge in [-0.05, 0) is 50.1 Å². The van der Waals surface area contributed by atoms with Crippen LogP contribution in [0.15, 0.2) is 42.5 Å². The molecule has 0 spiro atoms. The van der Waals surface area contributed by atoms with Crippen molar-refractivity contribution in [3.8, 4) is 16.6 Å². The Balaban J connectivity index is 1.43. The van der Waals surface area contributed by atoms with Crippen LogP contribution in [0, 0.1) is 20.8 Å². The Bertz CT molecular complexity index is 1280. The number of amides is 1. The van der Waals surface area contributed by atoms with Crippen molar-refractivity contribution in [2.24, 2.45) is 0 Å². The summed E-state index contributed by atoms with van der Waals surface area (Å²) in [5.41, 5.74) is 4.04. The lowest BCUT2D eigenvalue weighted by molar-refractivity contribution is -0.125. The molecule has 1 N–H and O–H groups in total. The Labute approximate surface area is 177 Å². The number of carbonyl (C=O) groups excluding carboxylic acids is 1. The zero-order valence-electron chi connectivity index (χ0n) is 16.8. The van der Waals surface area contributed by atoms with E-state index in [1.807, 2.05) is 38.1 Å². The SMILES string of the molecule is Cc1cc(C)c2nc(-n3nc(C)cc3NC(=O)C3COc4ccccc4O3)sc2c1. The van der Waals surface area contributed by atoms with E-state index in [9.17, 15) is 4.79 Å². The number of benzene rings is 2. The second-order valence-corrected chi connectivity index (χ2v) is 8.37. The third-order valence-electron chi connectivity index (χ3n) is 4.88. The van der Waals surface area contributed by atoms with Crippen molar-refractivity contribution < 1.29 is 14.3 Å². The first-order valence-electron chi connectivity index (χ1n) is 9.62. The molecule has 4 aromatic rings. The number of ether oxygens (including phenoxy) is 2. The van der Waals surface area contributed by atoms with Gasteiger partial charge in [0, 0.05) is 6.07 Å². The lowest BCUT2D eigenvalue weighted by Crippen LogP contribution is -2.40. The number of anilines is 1. The standard InChI is InChI=1S/C22H20N4O3S/c1-12-8-13(2)20-18(9-12)30-22(24-20)26-19(10-14(3)25-26)23-21(27)17-11-28-15-6-4-5-7-16(15)29-17/h4-10,17H,11H2,1-3H3,(H,23,27). The summed E-state index contributed by atoms with van der Waals surface area (Å²) in [6.07, 6.45) is -0.746. The van der Waals surface area contributed by atoms with E-state index in [1.165, 1.54) is 5.56 Å². The van der Waals surface area contributed by atoms with Gasteiger partial charge < -0.3 is 14.8 Å². The lowest BCUT2D eigenvalue weighted by atomic mass is 10.1. The molecule has 1 unspecified atom stereocenters. The average Bonchev–Trinajstić information content (AvgIpc) is 3.30. The van der Waals surface area contributed by atoms with Crippen LogP contribution in [-0.4, -0.2) is 33.4 Å². The third kappa shape index (κ3) is 3.29. The number of para-hydroxylation sites is 2. The highest BCUT2D eigenvalue weighted by molar-refractivity contribution is 7.20. The van der Waals surface area contributed by atoms with Gasteiger partial charge in [0.05, 0.1) is 15.9 Å². The first kappa shape index (κ1) is 18.6. The molecule has 5 rings (SSSR count). The summed E-state index contributed by atoms with van der Waals surface area (Å²) in [5.74, 6) is 1.46. The van der Waals surface area contributed by atoms with Gasteiger partial charge >= 0.3 is 0 Å². The monoisotopic (exact) mass is 420 g/mol. The molecule has 1 aliphatic rings. The Hall–Kier alpha value is -3.39. The Morgan fingerprint density at radius 1 is 1.17 bits per heavy atom. The number of carbonyl (C=O) groups is 1. The van der Waals surface area contributed by atoms with Crippen LogP contribution in [0.5, 0.6) is 11.5 Å². The molecule has 2 aromatic heterocycles. The molecule has 0 saturated carbocycles. The normalized spacial score (nSPS) is 15.4. The van der Waals surface area contributed by atoms with E-state index in [4.69, 9.17) is 14.5 Å². The molecule has 30 heavy (non-hydrogen) atoms. The van der Waals surface area contributed by atoms with E-state index < -0.39 is 6.10 Å². The molecule has 2 aromatic carbocycles. The maximum atomic E-state index is 12.9. The number of aryl methyl sites for hydroxylation is 3. The van der Waals surface area contributed by atoms with E-state index in [-0.39, 0.29) is 12.5 Å². The van der Waals surface area contributed by atoms with E-state index in [0.717, 1.165) is 21.5 Å². The molecule has 1 atom stereocenters. The molecule has 0 bridgehead atoms. The van der Waals surface area contributed by atoms with Crippen LogP contribution < -0.4 is 14.8 Å². The smallest absolute Gasteiger partial charge is 0.270 e. The van der Waals surface area contributed by atoms with Crippen LogP contribution in [0.25, 0.3) is 15.3 Å². The summed E-state index contributed by atoms with van der Waals surface area (Å²) in [6.45, 7) is 6.15. The summed E-state index contributed by atoms with van der Waals surface area (Å²) < 4.78 is 14.2. The molecular formula is C22H20N4O3S. The van der Waals surface area contributed by atoms with E-state index >= 15 is 0 Å². The minimum absolute atomic E-state index is 0.148. The molecule has 0 radical (unpaired) electrons. The number of fused-ring (bicyclic) bond motifs is 2. The molecule has 0 aliphatic carbocycles. The van der Waals surface area contributed by atoms with Crippen LogP contribution in [0.1, 0.15) is 16.8 Å². The van der Waals surface area contributed by atoms with Gasteiger partial charge in [-0.15, -0.1) is 0 Å². The molecule has 1 aliphatic heterocycles. The number of hydrogen-bond acceptors (Lipinski definition) is 6. The maximum absolute atomic E-state index is 12.9. The molecule has 0 saturated heterocycles. The zero-order chi connectivity index (χ0) is 20.8. The van der Waals surface area contributed by atoms with Crippen molar-refractivity contribution in [2.75, 3.05) is 11.9 Å². The van der Waals surface area contributed by atoms with Gasteiger partial charge in [0.15, 0.2) is 11.5 Å². The van der Waals surface area contributed by atoms with Crippen LogP contribution >= 0.6 is 11.3 Å². The van der Waals surface area contributed by atoms with Crippen molar-refractivity contribution in [1.82, 2.24) is 14.8 Å². The summed E-state index contributed by atoms with van der Waals surface area (Å²) in [4.78, 5) is 17.6. The number of hydrogen-bond donors (Lipinski definition) is 1. The van der Waals surface area contributed by atoms with Crippen molar-refractivity contribution in [2.45, 2.75) is 26.9 Å². The quantitative estimate of drug-likeness (QED) is 0.538. The van der Waals surface area contributed by atoms with Crippen LogP contribution in [-0.2, 0) is 4.79 Å². The van der Waals surface area contributed by atoms with Gasteiger partial charge in [0.2, 0.25) is 11.2 Å². The van der Waals surface area contributed by atoms with E-state index in [2.05, 4.69) is 29.5 Å². The van der Waals surface area contributed by atoms with Gasteiger partial charge in [-0.3, -0.25) is 4.79 Å². The summed E-state index contributed by atoms with van der Waals surface area (Å²) in [6, 6.07) is 13.4. The minimum Gasteiger partial charge on any atom is -0.485 e. The molecular weight excluding hydrogens is 400 g/mol. The van der Waals surface area contributed by atoms with Gasteiger partial charge in [-0.25, -0.2) is 4.98 Å². The number of aromatic nitrogens is 3. The number of nitrogens with zero attached hydrogens (tertiary/aromatic N) is 3. The highest BCUT2D eigenvalue weighted by Gasteiger charge is 2.28. The molecule has 0 fully saturated rings. The topological polar surface area (TPSA) is 78.3 Å². The van der Waals surface area contributed by atoms with E-state index in [1.54, 1.807) is 22.1 Å². The number of rotatable bonds is 3. The lowest BCUT2D eigenvalue weighted by Gasteiger charge is -2.25. The van der Waals surface area contributed by atoms with Gasteiger partial charge in [-0.1, -0.05) is 29.5 Å². The number of thiazole rings is 1. The second-order valence-electron chi connectivity index (χ2n) is 7.36. The molecule has 1 amide bonds. The zero-order valence-corrected chi connectivity index (χ0v) is 17.6. The fraction of sp³-hybridized carbons (Fsp3) is 0.227. The maximum Gasteiger partial charge on any atom is 0.270 e. The average molecular weight is 420 g/mol. The fourth-order valence-electron chi connectivity index (χ4n) is 3.54. The van der Waals surface area contributed by atoms with Crippen molar-refractivity contribution in [1.29, 1.82) is 0 Å². The predicted octanol–water partition coefficient (Wildman–Crippen LogP) is 4.19. The van der Waals surface area contributed by atoms with E-state index in [0.29, 0.717) is 22.4 Å². The van der Waals surface area contributed by atoms with Crippen LogP contribution in [0.2, 0.25) is 0 Å². The van der Waals surface area contributed by atoms with Crippen LogP contribution in [0.4, 0.5) is 5.82 Å². The first-order chi connectivity index (χ1) is 14.5.